The molecule has 1 aromatic carbocycles. The number of benzene rings is 1. The van der Waals surface area contributed by atoms with Gasteiger partial charge in [0.05, 0.1) is 6.10 Å². The standard InChI is InChI=1S/C14H21ClFNO/c1-3-5-14(18-4-2)13(17)8-10-6-7-11(16)9-12(10)15/h6-7,9,13-14H,3-5,8,17H2,1-2H3. The summed E-state index contributed by atoms with van der Waals surface area (Å²) in [6.45, 7) is 4.71. The predicted molar refractivity (Wildman–Crippen MR) is 73.4 cm³/mol. The minimum absolute atomic E-state index is 0.0288. The quantitative estimate of drug-likeness (QED) is 0.824. The van der Waals surface area contributed by atoms with E-state index in [0.29, 0.717) is 18.1 Å². The molecule has 2 atom stereocenters. The van der Waals surface area contributed by atoms with Crippen molar-refractivity contribution in [2.24, 2.45) is 5.73 Å². The second-order valence-electron chi connectivity index (χ2n) is 4.39. The number of ether oxygens (including phenoxy) is 1. The van der Waals surface area contributed by atoms with Crippen molar-refractivity contribution in [2.75, 3.05) is 6.61 Å². The summed E-state index contributed by atoms with van der Waals surface area (Å²) in [7, 11) is 0. The third kappa shape index (κ3) is 4.56. The zero-order valence-electron chi connectivity index (χ0n) is 11.0. The highest BCUT2D eigenvalue weighted by atomic mass is 35.5. The fourth-order valence-electron chi connectivity index (χ4n) is 1.99. The van der Waals surface area contributed by atoms with E-state index >= 15 is 0 Å². The first-order chi connectivity index (χ1) is 8.58. The number of halogens is 2. The minimum Gasteiger partial charge on any atom is -0.377 e. The summed E-state index contributed by atoms with van der Waals surface area (Å²) in [5.74, 6) is -0.327. The summed E-state index contributed by atoms with van der Waals surface area (Å²) in [5.41, 5.74) is 7.02. The Morgan fingerprint density at radius 2 is 2.11 bits per heavy atom. The van der Waals surface area contributed by atoms with Crippen LogP contribution >= 0.6 is 11.6 Å². The van der Waals surface area contributed by atoms with E-state index < -0.39 is 0 Å². The van der Waals surface area contributed by atoms with Crippen LogP contribution in [0.2, 0.25) is 5.02 Å². The van der Waals surface area contributed by atoms with E-state index in [2.05, 4.69) is 6.92 Å². The molecule has 2 N–H and O–H groups in total. The van der Waals surface area contributed by atoms with Crippen molar-refractivity contribution < 1.29 is 9.13 Å². The van der Waals surface area contributed by atoms with Crippen LogP contribution in [0.3, 0.4) is 0 Å². The fourth-order valence-corrected chi connectivity index (χ4v) is 2.24. The van der Waals surface area contributed by atoms with E-state index in [1.165, 1.54) is 12.1 Å². The van der Waals surface area contributed by atoms with E-state index in [1.807, 2.05) is 6.92 Å². The van der Waals surface area contributed by atoms with Gasteiger partial charge in [-0.25, -0.2) is 4.39 Å². The van der Waals surface area contributed by atoms with Gasteiger partial charge in [-0.05, 0) is 37.5 Å². The third-order valence-corrected chi connectivity index (χ3v) is 3.25. The van der Waals surface area contributed by atoms with Crippen molar-refractivity contribution >= 4 is 11.6 Å². The minimum atomic E-state index is -0.327. The highest BCUT2D eigenvalue weighted by Crippen LogP contribution is 2.20. The summed E-state index contributed by atoms with van der Waals surface area (Å²) in [4.78, 5) is 0. The molecule has 0 heterocycles. The lowest BCUT2D eigenvalue weighted by molar-refractivity contribution is 0.0378. The lowest BCUT2D eigenvalue weighted by atomic mass is 9.99. The first kappa shape index (κ1) is 15.4. The molecule has 0 aliphatic heterocycles. The molecule has 0 amide bonds. The smallest absolute Gasteiger partial charge is 0.124 e. The average Bonchev–Trinajstić information content (AvgIpc) is 2.32. The van der Waals surface area contributed by atoms with Crippen molar-refractivity contribution in [3.8, 4) is 0 Å². The number of hydrogen-bond donors (Lipinski definition) is 1. The molecular formula is C14H21ClFNO. The molecule has 0 bridgehead atoms. The maximum Gasteiger partial charge on any atom is 0.124 e. The Bertz CT molecular complexity index is 367. The second-order valence-corrected chi connectivity index (χ2v) is 4.79. The SMILES string of the molecule is CCCC(OCC)C(N)Cc1ccc(F)cc1Cl. The van der Waals surface area contributed by atoms with Crippen molar-refractivity contribution in [3.63, 3.8) is 0 Å². The molecule has 0 fully saturated rings. The van der Waals surface area contributed by atoms with Crippen LogP contribution in [-0.2, 0) is 11.2 Å². The molecule has 0 aliphatic rings. The Morgan fingerprint density at radius 3 is 2.67 bits per heavy atom. The lowest BCUT2D eigenvalue weighted by Crippen LogP contribution is -2.38. The average molecular weight is 274 g/mol. The van der Waals surface area contributed by atoms with Gasteiger partial charge in [-0.3, -0.25) is 0 Å². The fraction of sp³-hybridized carbons (Fsp3) is 0.571. The van der Waals surface area contributed by atoms with Crippen molar-refractivity contribution in [3.05, 3.63) is 34.6 Å². The Morgan fingerprint density at radius 1 is 1.39 bits per heavy atom. The second kappa shape index (κ2) is 7.72. The van der Waals surface area contributed by atoms with E-state index in [-0.39, 0.29) is 18.0 Å². The Hall–Kier alpha value is -0.640. The highest BCUT2D eigenvalue weighted by Gasteiger charge is 2.18. The van der Waals surface area contributed by atoms with Crippen LogP contribution in [0.5, 0.6) is 0 Å². The van der Waals surface area contributed by atoms with Crippen molar-refractivity contribution in [1.82, 2.24) is 0 Å². The normalized spacial score (nSPS) is 14.5. The molecule has 18 heavy (non-hydrogen) atoms. The van der Waals surface area contributed by atoms with Crippen LogP contribution < -0.4 is 5.73 Å². The molecule has 0 spiro atoms. The van der Waals surface area contributed by atoms with Gasteiger partial charge in [-0.1, -0.05) is 31.0 Å². The summed E-state index contributed by atoms with van der Waals surface area (Å²) in [6, 6.07) is 4.29. The summed E-state index contributed by atoms with van der Waals surface area (Å²) >= 11 is 6.00. The van der Waals surface area contributed by atoms with E-state index in [1.54, 1.807) is 6.07 Å². The molecule has 102 valence electrons. The molecule has 0 aliphatic carbocycles. The van der Waals surface area contributed by atoms with Crippen molar-refractivity contribution in [1.29, 1.82) is 0 Å². The van der Waals surface area contributed by atoms with E-state index in [0.717, 1.165) is 18.4 Å². The number of rotatable bonds is 7. The van der Waals surface area contributed by atoms with Gasteiger partial charge in [0.15, 0.2) is 0 Å². The first-order valence-corrected chi connectivity index (χ1v) is 6.77. The monoisotopic (exact) mass is 273 g/mol. The number of hydrogen-bond acceptors (Lipinski definition) is 2. The zero-order chi connectivity index (χ0) is 13.5. The summed E-state index contributed by atoms with van der Waals surface area (Å²) < 4.78 is 18.6. The molecule has 4 heteroatoms. The molecule has 2 nitrogen and oxygen atoms in total. The van der Waals surface area contributed by atoms with Gasteiger partial charge < -0.3 is 10.5 Å². The molecule has 1 aromatic rings. The zero-order valence-corrected chi connectivity index (χ0v) is 11.7. The van der Waals surface area contributed by atoms with Crippen LogP contribution in [0, 0.1) is 5.82 Å². The van der Waals surface area contributed by atoms with Crippen LogP contribution in [-0.4, -0.2) is 18.8 Å². The Balaban J connectivity index is 2.69. The van der Waals surface area contributed by atoms with Crippen LogP contribution in [0.4, 0.5) is 4.39 Å². The summed E-state index contributed by atoms with van der Waals surface area (Å²) in [6.07, 6.45) is 2.58. The Kier molecular flexibility index (Phi) is 6.61. The van der Waals surface area contributed by atoms with Gasteiger partial charge in [0, 0.05) is 17.7 Å². The maximum absolute atomic E-state index is 12.9. The molecule has 1 rings (SSSR count). The molecule has 0 aromatic heterocycles. The molecule has 0 saturated carbocycles. The van der Waals surface area contributed by atoms with Crippen molar-refractivity contribution in [2.45, 2.75) is 45.3 Å². The molecular weight excluding hydrogens is 253 g/mol. The molecule has 0 saturated heterocycles. The number of nitrogens with two attached hydrogens (primary N) is 1. The van der Waals surface area contributed by atoms with Gasteiger partial charge in [0.1, 0.15) is 5.82 Å². The summed E-state index contributed by atoms with van der Waals surface area (Å²) in [5, 5.41) is 0.428. The van der Waals surface area contributed by atoms with Gasteiger partial charge in [0.25, 0.3) is 0 Å². The first-order valence-electron chi connectivity index (χ1n) is 6.39. The lowest BCUT2D eigenvalue weighted by Gasteiger charge is -2.23. The predicted octanol–water partition coefficient (Wildman–Crippen LogP) is 3.55. The van der Waals surface area contributed by atoms with Crippen LogP contribution in [0.1, 0.15) is 32.3 Å². The maximum atomic E-state index is 12.9. The van der Waals surface area contributed by atoms with Crippen LogP contribution in [0.15, 0.2) is 18.2 Å². The molecule has 0 radical (unpaired) electrons. The topological polar surface area (TPSA) is 35.2 Å². The van der Waals surface area contributed by atoms with Gasteiger partial charge in [-0.2, -0.15) is 0 Å². The van der Waals surface area contributed by atoms with Gasteiger partial charge in [0.2, 0.25) is 0 Å². The molecule has 2 unspecified atom stereocenters. The van der Waals surface area contributed by atoms with Gasteiger partial charge in [-0.15, -0.1) is 0 Å². The van der Waals surface area contributed by atoms with E-state index in [4.69, 9.17) is 22.1 Å². The van der Waals surface area contributed by atoms with Crippen LogP contribution in [0.25, 0.3) is 0 Å². The Labute approximate surface area is 113 Å². The van der Waals surface area contributed by atoms with Gasteiger partial charge >= 0.3 is 0 Å². The third-order valence-electron chi connectivity index (χ3n) is 2.90. The highest BCUT2D eigenvalue weighted by molar-refractivity contribution is 6.31. The largest absolute Gasteiger partial charge is 0.377 e. The van der Waals surface area contributed by atoms with E-state index in [9.17, 15) is 4.39 Å².